The average Bonchev–Trinajstić information content (AvgIpc) is 3.26. The van der Waals surface area contributed by atoms with E-state index in [-0.39, 0.29) is 0 Å². The van der Waals surface area contributed by atoms with Crippen molar-refractivity contribution in [1.29, 1.82) is 0 Å². The Bertz CT molecular complexity index is 1220. The fraction of sp³-hybridized carbons (Fsp3) is 0.375. The molecule has 1 aliphatic heterocycles. The molecule has 1 aliphatic rings. The quantitative estimate of drug-likeness (QED) is 0.359. The van der Waals surface area contributed by atoms with Crippen LogP contribution in [0, 0.1) is 11.9 Å². The van der Waals surface area contributed by atoms with E-state index in [1.54, 1.807) is 6.07 Å². The molecule has 0 aliphatic carbocycles. The largest absolute Gasteiger partial charge is 0.470 e. The molecule has 1 saturated heterocycles. The summed E-state index contributed by atoms with van der Waals surface area (Å²) in [5.74, 6) is 0.935. The first-order valence-corrected chi connectivity index (χ1v) is 12.1. The van der Waals surface area contributed by atoms with Crippen molar-refractivity contribution >= 4 is 27.6 Å². The Morgan fingerprint density at radius 2 is 1.91 bits per heavy atom. The maximum absolute atomic E-state index is 13.4. The maximum Gasteiger partial charge on any atom is 0.275 e. The summed E-state index contributed by atoms with van der Waals surface area (Å²) >= 11 is 1.42. The predicted octanol–water partition coefficient (Wildman–Crippen LogP) is 4.93. The fourth-order valence-electron chi connectivity index (χ4n) is 4.01. The molecule has 4 aromatic heterocycles. The minimum absolute atomic E-state index is 0.518. The Morgan fingerprint density at radius 1 is 1.09 bits per heavy atom. The summed E-state index contributed by atoms with van der Waals surface area (Å²) in [5.41, 5.74) is 3.34. The number of aromatic nitrogens is 5. The zero-order valence-electron chi connectivity index (χ0n) is 18.4. The predicted molar refractivity (Wildman–Crippen MR) is 127 cm³/mol. The summed E-state index contributed by atoms with van der Waals surface area (Å²) in [5, 5.41) is 0.623. The Morgan fingerprint density at radius 3 is 2.67 bits per heavy atom. The summed E-state index contributed by atoms with van der Waals surface area (Å²) in [4.78, 5) is 24.8. The van der Waals surface area contributed by atoms with Gasteiger partial charge >= 0.3 is 0 Å². The second kappa shape index (κ2) is 9.74. The van der Waals surface area contributed by atoms with Crippen molar-refractivity contribution in [2.24, 2.45) is 5.92 Å². The van der Waals surface area contributed by atoms with Gasteiger partial charge in [0.15, 0.2) is 0 Å². The van der Waals surface area contributed by atoms with Gasteiger partial charge in [0.1, 0.15) is 10.3 Å². The fourth-order valence-corrected chi connectivity index (χ4v) is 4.82. The van der Waals surface area contributed by atoms with Gasteiger partial charge < -0.3 is 9.64 Å². The van der Waals surface area contributed by atoms with Crippen LogP contribution in [0.15, 0.2) is 42.9 Å². The molecule has 0 amide bonds. The number of hydrogen-bond donors (Lipinski definition) is 0. The number of piperidine rings is 1. The molecule has 9 heteroatoms. The van der Waals surface area contributed by atoms with Crippen LogP contribution in [-0.2, 0) is 6.42 Å². The highest BCUT2D eigenvalue weighted by Crippen LogP contribution is 2.30. The minimum atomic E-state index is -0.518. The monoisotopic (exact) mass is 464 g/mol. The molecule has 0 radical (unpaired) electrons. The third-order valence-corrected chi connectivity index (χ3v) is 6.88. The van der Waals surface area contributed by atoms with Crippen LogP contribution in [0.4, 0.5) is 10.3 Å². The SMILES string of the molecule is CCc1cnc(N2CCC(CCOc3nc4ccc(-c5ccnc(F)c5)nc4s3)CC2)nc1. The van der Waals surface area contributed by atoms with E-state index in [9.17, 15) is 4.39 Å². The molecule has 1 fully saturated rings. The summed E-state index contributed by atoms with van der Waals surface area (Å²) in [6.07, 6.45) is 9.45. The highest BCUT2D eigenvalue weighted by Gasteiger charge is 2.21. The Kier molecular flexibility index (Phi) is 6.39. The van der Waals surface area contributed by atoms with Crippen molar-refractivity contribution in [2.75, 3.05) is 24.6 Å². The van der Waals surface area contributed by atoms with Gasteiger partial charge in [-0.05, 0) is 55.4 Å². The Balaban J connectivity index is 1.13. The molecule has 0 unspecified atom stereocenters. The van der Waals surface area contributed by atoms with E-state index in [1.807, 2.05) is 24.5 Å². The highest BCUT2D eigenvalue weighted by molar-refractivity contribution is 7.19. The number of anilines is 1. The van der Waals surface area contributed by atoms with Crippen LogP contribution in [0.25, 0.3) is 21.6 Å². The number of halogens is 1. The lowest BCUT2D eigenvalue weighted by molar-refractivity contribution is 0.257. The zero-order valence-corrected chi connectivity index (χ0v) is 19.3. The number of ether oxygens (including phenoxy) is 1. The molecule has 0 saturated carbocycles. The van der Waals surface area contributed by atoms with Crippen LogP contribution in [0.1, 0.15) is 31.7 Å². The van der Waals surface area contributed by atoms with Gasteiger partial charge in [0.25, 0.3) is 5.19 Å². The number of aryl methyl sites for hydroxylation is 1. The van der Waals surface area contributed by atoms with Crippen molar-refractivity contribution < 1.29 is 9.13 Å². The third kappa shape index (κ3) is 5.08. The van der Waals surface area contributed by atoms with Gasteiger partial charge in [-0.2, -0.15) is 4.39 Å². The summed E-state index contributed by atoms with van der Waals surface area (Å²) in [7, 11) is 0. The van der Waals surface area contributed by atoms with Crippen LogP contribution in [-0.4, -0.2) is 44.6 Å². The number of pyridine rings is 2. The zero-order chi connectivity index (χ0) is 22.6. The Hall–Kier alpha value is -3.20. The second-order valence-corrected chi connectivity index (χ2v) is 9.12. The van der Waals surface area contributed by atoms with Crippen molar-refractivity contribution in [3.8, 4) is 16.5 Å². The number of thiazole rings is 1. The molecule has 0 bridgehead atoms. The first-order valence-electron chi connectivity index (χ1n) is 11.3. The molecule has 0 aromatic carbocycles. The van der Waals surface area contributed by atoms with Crippen LogP contribution >= 0.6 is 11.3 Å². The molecule has 5 heterocycles. The second-order valence-electron chi connectivity index (χ2n) is 8.18. The van der Waals surface area contributed by atoms with E-state index in [2.05, 4.69) is 36.7 Å². The lowest BCUT2D eigenvalue weighted by Crippen LogP contribution is -2.35. The van der Waals surface area contributed by atoms with Crippen molar-refractivity contribution in [3.05, 3.63) is 54.4 Å². The van der Waals surface area contributed by atoms with Gasteiger partial charge in [-0.3, -0.25) is 0 Å². The van der Waals surface area contributed by atoms with Crippen molar-refractivity contribution in [1.82, 2.24) is 24.9 Å². The van der Waals surface area contributed by atoms with E-state index < -0.39 is 5.95 Å². The van der Waals surface area contributed by atoms with Crippen molar-refractivity contribution in [3.63, 3.8) is 0 Å². The molecule has 7 nitrogen and oxygen atoms in total. The molecule has 33 heavy (non-hydrogen) atoms. The normalized spacial score (nSPS) is 14.7. The summed E-state index contributed by atoms with van der Waals surface area (Å²) in [6.45, 7) is 4.69. The van der Waals surface area contributed by atoms with E-state index in [1.165, 1.54) is 29.2 Å². The van der Waals surface area contributed by atoms with Crippen molar-refractivity contribution in [2.45, 2.75) is 32.6 Å². The molecule has 0 N–H and O–H groups in total. The molecule has 170 valence electrons. The molecular weight excluding hydrogens is 439 g/mol. The minimum Gasteiger partial charge on any atom is -0.470 e. The van der Waals surface area contributed by atoms with Gasteiger partial charge in [-0.25, -0.2) is 24.9 Å². The molecule has 0 atom stereocenters. The van der Waals surface area contributed by atoms with Crippen LogP contribution in [0.2, 0.25) is 0 Å². The molecule has 5 rings (SSSR count). The van der Waals surface area contributed by atoms with E-state index in [4.69, 9.17) is 4.74 Å². The van der Waals surface area contributed by atoms with Gasteiger partial charge in [0.2, 0.25) is 11.9 Å². The average molecular weight is 465 g/mol. The number of rotatable bonds is 7. The number of fused-ring (bicyclic) bond motifs is 1. The van der Waals surface area contributed by atoms with Gasteiger partial charge in [0, 0.05) is 43.3 Å². The molecular formula is C24H25FN6OS. The first-order chi connectivity index (χ1) is 16.2. The van der Waals surface area contributed by atoms with Crippen LogP contribution in [0.3, 0.4) is 0 Å². The van der Waals surface area contributed by atoms with Crippen LogP contribution < -0.4 is 9.64 Å². The van der Waals surface area contributed by atoms with Crippen LogP contribution in [0.5, 0.6) is 5.19 Å². The lowest BCUT2D eigenvalue weighted by Gasteiger charge is -2.31. The topological polar surface area (TPSA) is 76.9 Å². The summed E-state index contributed by atoms with van der Waals surface area (Å²) < 4.78 is 19.4. The Labute approximate surface area is 195 Å². The van der Waals surface area contributed by atoms with E-state index in [0.717, 1.165) is 55.1 Å². The van der Waals surface area contributed by atoms with Gasteiger partial charge in [0.05, 0.1) is 12.3 Å². The van der Waals surface area contributed by atoms with E-state index in [0.29, 0.717) is 29.0 Å². The molecule has 4 aromatic rings. The number of nitrogens with zero attached hydrogens (tertiary/aromatic N) is 6. The number of hydrogen-bond acceptors (Lipinski definition) is 8. The lowest BCUT2D eigenvalue weighted by atomic mass is 9.94. The van der Waals surface area contributed by atoms with E-state index >= 15 is 0 Å². The standard InChI is InChI=1S/C24H25FN6OS/c1-2-16-14-27-23(28-15-16)31-10-6-17(7-11-31)8-12-32-24-30-20-4-3-19(29-22(20)33-24)18-5-9-26-21(25)13-18/h3-5,9,13-15,17H,2,6-8,10-12H2,1H3. The first kappa shape index (κ1) is 21.6. The van der Waals surface area contributed by atoms with Gasteiger partial charge in [-0.1, -0.05) is 18.3 Å². The summed E-state index contributed by atoms with van der Waals surface area (Å²) in [6, 6.07) is 6.86. The third-order valence-electron chi connectivity index (χ3n) is 6.01. The smallest absolute Gasteiger partial charge is 0.275 e. The van der Waals surface area contributed by atoms with Gasteiger partial charge in [-0.15, -0.1) is 0 Å². The maximum atomic E-state index is 13.4. The highest BCUT2D eigenvalue weighted by atomic mass is 32.1. The molecule has 0 spiro atoms.